The molecule has 2 N–H and O–H groups in total. The molecular weight excluding hydrogens is 388 g/mol. The van der Waals surface area contributed by atoms with Gasteiger partial charge in [-0.3, -0.25) is 9.36 Å². The van der Waals surface area contributed by atoms with Gasteiger partial charge in [-0.05, 0) is 55.0 Å². The highest BCUT2D eigenvalue weighted by atomic mass is 35.5. The minimum absolute atomic E-state index is 0.119. The van der Waals surface area contributed by atoms with Gasteiger partial charge in [-0.2, -0.15) is 4.98 Å². The summed E-state index contributed by atoms with van der Waals surface area (Å²) >= 11 is 5.84. The zero-order valence-electron chi connectivity index (χ0n) is 15.5. The Labute approximate surface area is 172 Å². The molecule has 0 fully saturated rings. The van der Waals surface area contributed by atoms with Gasteiger partial charge in [0.25, 0.3) is 5.91 Å². The first-order valence-electron chi connectivity index (χ1n) is 9.24. The van der Waals surface area contributed by atoms with Crippen molar-refractivity contribution in [3.8, 4) is 5.82 Å². The molecule has 1 aromatic carbocycles. The Kier molecular flexibility index (Phi) is 5.67. The van der Waals surface area contributed by atoms with E-state index in [1.807, 2.05) is 35.0 Å². The van der Waals surface area contributed by atoms with Crippen LogP contribution in [0, 0.1) is 0 Å². The highest BCUT2D eigenvalue weighted by molar-refractivity contribution is 6.30. The number of halogens is 1. The molecular formula is C21H19ClN6O. The number of hydrogen-bond acceptors (Lipinski definition) is 5. The van der Waals surface area contributed by atoms with E-state index in [0.717, 1.165) is 23.3 Å². The normalized spacial score (nSPS) is 10.8. The molecule has 0 aliphatic heterocycles. The maximum Gasteiger partial charge on any atom is 0.251 e. The van der Waals surface area contributed by atoms with Gasteiger partial charge in [-0.25, -0.2) is 9.97 Å². The molecule has 3 aromatic heterocycles. The fourth-order valence-corrected chi connectivity index (χ4v) is 3.04. The molecule has 3 heterocycles. The molecule has 7 nitrogen and oxygen atoms in total. The van der Waals surface area contributed by atoms with Gasteiger partial charge < -0.3 is 10.6 Å². The van der Waals surface area contributed by atoms with Crippen LogP contribution in [0.25, 0.3) is 16.9 Å². The van der Waals surface area contributed by atoms with Crippen LogP contribution in [0.1, 0.15) is 16.8 Å². The summed E-state index contributed by atoms with van der Waals surface area (Å²) in [5.41, 5.74) is 1.44. The summed E-state index contributed by atoms with van der Waals surface area (Å²) in [4.78, 5) is 25.3. The topological polar surface area (TPSA) is 84.7 Å². The minimum atomic E-state index is -0.119. The number of carbonyl (C=O) groups is 1. The predicted octanol–water partition coefficient (Wildman–Crippen LogP) is 3.70. The van der Waals surface area contributed by atoms with Crippen molar-refractivity contribution in [3.05, 3.63) is 77.7 Å². The summed E-state index contributed by atoms with van der Waals surface area (Å²) in [5, 5.41) is 7.74. The van der Waals surface area contributed by atoms with Gasteiger partial charge >= 0.3 is 0 Å². The Balaban J connectivity index is 1.30. The zero-order chi connectivity index (χ0) is 20.1. The molecule has 0 saturated heterocycles. The number of aromatic nitrogens is 4. The summed E-state index contributed by atoms with van der Waals surface area (Å²) in [6, 6.07) is 14.6. The summed E-state index contributed by atoms with van der Waals surface area (Å²) in [5.74, 6) is 1.16. The van der Waals surface area contributed by atoms with Gasteiger partial charge in [0.1, 0.15) is 11.5 Å². The van der Waals surface area contributed by atoms with E-state index in [0.29, 0.717) is 29.6 Å². The number of benzene rings is 1. The van der Waals surface area contributed by atoms with Crippen LogP contribution in [0.5, 0.6) is 0 Å². The Morgan fingerprint density at radius 2 is 1.86 bits per heavy atom. The predicted molar refractivity (Wildman–Crippen MR) is 114 cm³/mol. The third-order valence-electron chi connectivity index (χ3n) is 4.36. The number of rotatable bonds is 7. The second-order valence-corrected chi connectivity index (χ2v) is 6.82. The number of nitrogens with one attached hydrogen (secondary N) is 2. The molecule has 4 aromatic rings. The average Bonchev–Trinajstić information content (AvgIpc) is 3.18. The summed E-state index contributed by atoms with van der Waals surface area (Å²) in [6.07, 6.45) is 6.15. The Morgan fingerprint density at radius 1 is 1.00 bits per heavy atom. The fourth-order valence-electron chi connectivity index (χ4n) is 2.91. The van der Waals surface area contributed by atoms with Crippen molar-refractivity contribution in [3.63, 3.8) is 0 Å². The van der Waals surface area contributed by atoms with E-state index in [9.17, 15) is 4.79 Å². The number of nitrogens with zero attached hydrogens (tertiary/aromatic N) is 4. The maximum absolute atomic E-state index is 12.1. The smallest absolute Gasteiger partial charge is 0.251 e. The third-order valence-corrected chi connectivity index (χ3v) is 4.62. The Hall–Kier alpha value is -3.45. The zero-order valence-corrected chi connectivity index (χ0v) is 16.3. The molecule has 0 spiro atoms. The first-order valence-corrected chi connectivity index (χ1v) is 9.62. The fraction of sp³-hybridized carbons (Fsp3) is 0.143. The van der Waals surface area contributed by atoms with E-state index in [-0.39, 0.29) is 5.91 Å². The molecule has 0 atom stereocenters. The molecule has 0 unspecified atom stereocenters. The molecule has 0 bridgehead atoms. The van der Waals surface area contributed by atoms with Crippen molar-refractivity contribution < 1.29 is 4.79 Å². The number of anilines is 1. The lowest BCUT2D eigenvalue weighted by molar-refractivity contribution is 0.0953. The average molecular weight is 407 g/mol. The quantitative estimate of drug-likeness (QED) is 0.457. The van der Waals surface area contributed by atoms with E-state index in [1.54, 1.807) is 36.7 Å². The first kappa shape index (κ1) is 18.9. The van der Waals surface area contributed by atoms with Crippen LogP contribution in [0.15, 0.2) is 67.1 Å². The lowest BCUT2D eigenvalue weighted by atomic mass is 10.2. The molecule has 0 aliphatic rings. The number of carbonyl (C=O) groups excluding carboxylic acids is 1. The molecule has 4 rings (SSSR count). The van der Waals surface area contributed by atoms with Crippen molar-refractivity contribution in [2.75, 3.05) is 18.4 Å². The largest absolute Gasteiger partial charge is 0.354 e. The van der Waals surface area contributed by atoms with E-state index in [2.05, 4.69) is 25.6 Å². The maximum atomic E-state index is 12.1. The summed E-state index contributed by atoms with van der Waals surface area (Å²) in [7, 11) is 0. The first-order chi connectivity index (χ1) is 14.2. The number of fused-ring (bicyclic) bond motifs is 1. The third kappa shape index (κ3) is 4.52. The van der Waals surface area contributed by atoms with Gasteiger partial charge in [0.05, 0.1) is 0 Å². The molecule has 0 saturated carbocycles. The highest BCUT2D eigenvalue weighted by Crippen LogP contribution is 2.17. The van der Waals surface area contributed by atoms with E-state index in [4.69, 9.17) is 11.6 Å². The molecule has 1 amide bonds. The van der Waals surface area contributed by atoms with Crippen molar-refractivity contribution in [2.24, 2.45) is 0 Å². The van der Waals surface area contributed by atoms with Gasteiger partial charge in [0, 0.05) is 47.7 Å². The van der Waals surface area contributed by atoms with Crippen molar-refractivity contribution in [2.45, 2.75) is 6.42 Å². The van der Waals surface area contributed by atoms with Crippen LogP contribution in [0.3, 0.4) is 0 Å². The van der Waals surface area contributed by atoms with Crippen molar-refractivity contribution in [1.29, 1.82) is 0 Å². The summed E-state index contributed by atoms with van der Waals surface area (Å²) < 4.78 is 1.93. The van der Waals surface area contributed by atoms with Crippen molar-refractivity contribution >= 4 is 34.5 Å². The second-order valence-electron chi connectivity index (χ2n) is 6.38. The van der Waals surface area contributed by atoms with Crippen LogP contribution in [0.2, 0.25) is 5.02 Å². The van der Waals surface area contributed by atoms with Crippen LogP contribution in [0.4, 0.5) is 5.95 Å². The van der Waals surface area contributed by atoms with Gasteiger partial charge in [-0.15, -0.1) is 0 Å². The van der Waals surface area contributed by atoms with E-state index >= 15 is 0 Å². The van der Waals surface area contributed by atoms with Gasteiger partial charge in [0.15, 0.2) is 0 Å². The van der Waals surface area contributed by atoms with Crippen LogP contribution < -0.4 is 10.6 Å². The van der Waals surface area contributed by atoms with Gasteiger partial charge in [-0.1, -0.05) is 11.6 Å². The van der Waals surface area contributed by atoms with Crippen LogP contribution >= 0.6 is 11.6 Å². The molecule has 29 heavy (non-hydrogen) atoms. The standard InChI is InChI=1S/C21H19ClN6O/c22-17-6-4-16(5-7-17)20(29)24-11-2-12-25-21-26-13-8-18(27-21)28-14-9-15-3-1-10-23-19(15)28/h1,3-10,13-14H,2,11-12H2,(H,24,29)(H,25,26,27). The Bertz CT molecular complexity index is 1130. The number of pyridine rings is 1. The molecule has 0 aliphatic carbocycles. The van der Waals surface area contributed by atoms with Gasteiger partial charge in [0.2, 0.25) is 5.95 Å². The van der Waals surface area contributed by atoms with E-state index in [1.165, 1.54) is 0 Å². The number of hydrogen-bond donors (Lipinski definition) is 2. The molecule has 0 radical (unpaired) electrons. The number of amides is 1. The molecule has 8 heteroatoms. The van der Waals surface area contributed by atoms with Crippen LogP contribution in [-0.2, 0) is 0 Å². The lowest BCUT2D eigenvalue weighted by Gasteiger charge is -2.08. The van der Waals surface area contributed by atoms with Crippen molar-refractivity contribution in [1.82, 2.24) is 24.8 Å². The van der Waals surface area contributed by atoms with Crippen LogP contribution in [-0.4, -0.2) is 38.5 Å². The summed E-state index contributed by atoms with van der Waals surface area (Å²) in [6.45, 7) is 1.18. The molecule has 146 valence electrons. The lowest BCUT2D eigenvalue weighted by Crippen LogP contribution is -2.25. The second kappa shape index (κ2) is 8.70. The van der Waals surface area contributed by atoms with E-state index < -0.39 is 0 Å². The Morgan fingerprint density at radius 3 is 2.72 bits per heavy atom. The SMILES string of the molecule is O=C(NCCCNc1nccc(-n2ccc3cccnc32)n1)c1ccc(Cl)cc1. The monoisotopic (exact) mass is 406 g/mol. The highest BCUT2D eigenvalue weighted by Gasteiger charge is 2.07. The minimum Gasteiger partial charge on any atom is -0.354 e.